The summed E-state index contributed by atoms with van der Waals surface area (Å²) in [7, 11) is 1.28. The number of esters is 1. The van der Waals surface area contributed by atoms with Crippen LogP contribution in [-0.4, -0.2) is 54.8 Å². The number of rotatable bonds is 2. The first-order valence-electron chi connectivity index (χ1n) is 6.30. The zero-order chi connectivity index (χ0) is 14.7. The van der Waals surface area contributed by atoms with Gasteiger partial charge in [0.05, 0.1) is 20.3 Å². The number of aryl methyl sites for hydroxylation is 1. The largest absolute Gasteiger partial charge is 0.508 e. The molecule has 1 N–H and O–H groups in total. The van der Waals surface area contributed by atoms with Crippen LogP contribution < -0.4 is 0 Å². The van der Waals surface area contributed by atoms with E-state index in [1.54, 1.807) is 19.1 Å². The highest BCUT2D eigenvalue weighted by molar-refractivity contribution is 5.97. The fourth-order valence-corrected chi connectivity index (χ4v) is 2.09. The highest BCUT2D eigenvalue weighted by atomic mass is 16.5. The molecule has 1 heterocycles. The van der Waals surface area contributed by atoms with E-state index in [1.165, 1.54) is 18.1 Å². The van der Waals surface area contributed by atoms with Gasteiger partial charge in [0.15, 0.2) is 6.04 Å². The van der Waals surface area contributed by atoms with Crippen LogP contribution in [0.1, 0.15) is 15.9 Å². The van der Waals surface area contributed by atoms with Crippen molar-refractivity contribution in [2.24, 2.45) is 0 Å². The molecule has 0 saturated carbocycles. The number of phenolic OH excluding ortho intramolecular Hbond substituents is 1. The van der Waals surface area contributed by atoms with Gasteiger partial charge in [-0.2, -0.15) is 0 Å². The molecule has 20 heavy (non-hydrogen) atoms. The van der Waals surface area contributed by atoms with Crippen LogP contribution in [0.3, 0.4) is 0 Å². The van der Waals surface area contributed by atoms with Crippen LogP contribution in [0, 0.1) is 6.92 Å². The Kier molecular flexibility index (Phi) is 4.24. The van der Waals surface area contributed by atoms with Crippen molar-refractivity contribution in [3.05, 3.63) is 29.3 Å². The van der Waals surface area contributed by atoms with E-state index in [2.05, 4.69) is 4.74 Å². The summed E-state index contributed by atoms with van der Waals surface area (Å²) in [5, 5.41) is 9.68. The molecule has 1 atom stereocenters. The van der Waals surface area contributed by atoms with Crippen molar-refractivity contribution in [2.45, 2.75) is 13.0 Å². The van der Waals surface area contributed by atoms with Gasteiger partial charge in [0.25, 0.3) is 5.91 Å². The Morgan fingerprint density at radius 3 is 2.85 bits per heavy atom. The second-order valence-electron chi connectivity index (χ2n) is 4.61. The zero-order valence-electron chi connectivity index (χ0n) is 11.5. The maximum atomic E-state index is 12.4. The van der Waals surface area contributed by atoms with Crippen molar-refractivity contribution in [3.63, 3.8) is 0 Å². The van der Waals surface area contributed by atoms with Crippen molar-refractivity contribution < 1.29 is 24.2 Å². The molecule has 108 valence electrons. The SMILES string of the molecule is COC(=O)[C@@H]1COCCN1C(=O)c1ccc(C)c(O)c1. The Bertz CT molecular complexity index is 528. The van der Waals surface area contributed by atoms with Crippen LogP contribution in [0.15, 0.2) is 18.2 Å². The van der Waals surface area contributed by atoms with Gasteiger partial charge in [0.2, 0.25) is 0 Å². The average molecular weight is 279 g/mol. The van der Waals surface area contributed by atoms with Crippen molar-refractivity contribution >= 4 is 11.9 Å². The Morgan fingerprint density at radius 1 is 1.45 bits per heavy atom. The Labute approximate surface area is 116 Å². The molecule has 1 aliphatic rings. The van der Waals surface area contributed by atoms with E-state index in [9.17, 15) is 14.7 Å². The van der Waals surface area contributed by atoms with Crippen LogP contribution in [0.2, 0.25) is 0 Å². The monoisotopic (exact) mass is 279 g/mol. The maximum absolute atomic E-state index is 12.4. The normalized spacial score (nSPS) is 18.7. The van der Waals surface area contributed by atoms with Gasteiger partial charge in [0.1, 0.15) is 5.75 Å². The number of ether oxygens (including phenoxy) is 2. The molecular formula is C14H17NO5. The minimum Gasteiger partial charge on any atom is -0.508 e. The molecule has 1 amide bonds. The van der Waals surface area contributed by atoms with Gasteiger partial charge in [-0.15, -0.1) is 0 Å². The number of benzene rings is 1. The van der Waals surface area contributed by atoms with Crippen molar-refractivity contribution in [1.29, 1.82) is 0 Å². The summed E-state index contributed by atoms with van der Waals surface area (Å²) < 4.78 is 9.91. The molecule has 1 aliphatic heterocycles. The van der Waals surface area contributed by atoms with Gasteiger partial charge in [-0.1, -0.05) is 6.07 Å². The molecule has 2 rings (SSSR count). The fourth-order valence-electron chi connectivity index (χ4n) is 2.09. The molecule has 0 bridgehead atoms. The number of hydrogen-bond acceptors (Lipinski definition) is 5. The van der Waals surface area contributed by atoms with Crippen molar-refractivity contribution in [2.75, 3.05) is 26.9 Å². The molecule has 6 nitrogen and oxygen atoms in total. The first-order valence-corrected chi connectivity index (χ1v) is 6.30. The molecule has 6 heteroatoms. The summed E-state index contributed by atoms with van der Waals surface area (Å²) in [4.78, 5) is 25.6. The summed E-state index contributed by atoms with van der Waals surface area (Å²) >= 11 is 0. The molecule has 1 saturated heterocycles. The summed E-state index contributed by atoms with van der Waals surface area (Å²) in [6, 6.07) is 3.95. The highest BCUT2D eigenvalue weighted by Crippen LogP contribution is 2.20. The number of methoxy groups -OCH3 is 1. The average Bonchev–Trinajstić information content (AvgIpc) is 2.48. The third-order valence-corrected chi connectivity index (χ3v) is 3.32. The topological polar surface area (TPSA) is 76.1 Å². The minimum atomic E-state index is -0.746. The quantitative estimate of drug-likeness (QED) is 0.807. The van der Waals surface area contributed by atoms with Crippen LogP contribution >= 0.6 is 0 Å². The van der Waals surface area contributed by atoms with Gasteiger partial charge < -0.3 is 19.5 Å². The summed E-state index contributed by atoms with van der Waals surface area (Å²) in [5.74, 6) is -0.771. The first-order chi connectivity index (χ1) is 9.54. The minimum absolute atomic E-state index is 0.0544. The molecule has 0 aromatic heterocycles. The number of nitrogens with zero attached hydrogens (tertiary/aromatic N) is 1. The summed E-state index contributed by atoms with van der Waals surface area (Å²) in [6.45, 7) is 2.55. The predicted octanol–water partition coefficient (Wildman–Crippen LogP) is 0.715. The Hall–Kier alpha value is -2.08. The number of amides is 1. The van der Waals surface area contributed by atoms with Gasteiger partial charge in [-0.05, 0) is 24.6 Å². The van der Waals surface area contributed by atoms with Crippen LogP contribution in [0.4, 0.5) is 0 Å². The summed E-state index contributed by atoms with van der Waals surface area (Å²) in [5.41, 5.74) is 1.02. The van der Waals surface area contributed by atoms with E-state index in [4.69, 9.17) is 4.74 Å². The van der Waals surface area contributed by atoms with E-state index in [-0.39, 0.29) is 18.3 Å². The van der Waals surface area contributed by atoms with Gasteiger partial charge in [-0.25, -0.2) is 4.79 Å². The molecule has 1 fully saturated rings. The second-order valence-corrected chi connectivity index (χ2v) is 4.61. The lowest BCUT2D eigenvalue weighted by atomic mass is 10.1. The third-order valence-electron chi connectivity index (χ3n) is 3.32. The summed E-state index contributed by atoms with van der Waals surface area (Å²) in [6.07, 6.45) is 0. The molecule has 0 radical (unpaired) electrons. The molecule has 0 aliphatic carbocycles. The van der Waals surface area contributed by atoms with Crippen LogP contribution in [0.25, 0.3) is 0 Å². The number of hydrogen-bond donors (Lipinski definition) is 1. The van der Waals surface area contributed by atoms with E-state index in [1.807, 2.05) is 0 Å². The lowest BCUT2D eigenvalue weighted by Crippen LogP contribution is -2.53. The number of morpholine rings is 1. The second kappa shape index (κ2) is 5.92. The third kappa shape index (κ3) is 2.75. The zero-order valence-corrected chi connectivity index (χ0v) is 11.5. The van der Waals surface area contributed by atoms with Crippen LogP contribution in [0.5, 0.6) is 5.75 Å². The van der Waals surface area contributed by atoms with E-state index < -0.39 is 12.0 Å². The molecular weight excluding hydrogens is 262 g/mol. The van der Waals surface area contributed by atoms with Gasteiger partial charge in [0, 0.05) is 12.1 Å². The standard InChI is InChI=1S/C14H17NO5/c1-9-3-4-10(7-12(9)16)13(17)15-5-6-20-8-11(15)14(18)19-2/h3-4,7,11,16H,5-6,8H2,1-2H3/t11-/m0/s1. The van der Waals surface area contributed by atoms with Crippen molar-refractivity contribution in [3.8, 4) is 5.75 Å². The Morgan fingerprint density at radius 2 is 2.20 bits per heavy atom. The Balaban J connectivity index is 2.25. The van der Waals surface area contributed by atoms with E-state index in [0.29, 0.717) is 24.3 Å². The number of carbonyl (C=O) groups is 2. The van der Waals surface area contributed by atoms with Gasteiger partial charge in [-0.3, -0.25) is 4.79 Å². The number of aromatic hydroxyl groups is 1. The number of phenols is 1. The maximum Gasteiger partial charge on any atom is 0.331 e. The fraction of sp³-hybridized carbons (Fsp3) is 0.429. The highest BCUT2D eigenvalue weighted by Gasteiger charge is 2.34. The van der Waals surface area contributed by atoms with E-state index in [0.717, 1.165) is 0 Å². The van der Waals surface area contributed by atoms with Crippen LogP contribution in [-0.2, 0) is 14.3 Å². The van der Waals surface area contributed by atoms with Crippen molar-refractivity contribution in [1.82, 2.24) is 4.90 Å². The lowest BCUT2D eigenvalue weighted by Gasteiger charge is -2.33. The predicted molar refractivity (Wildman–Crippen MR) is 70.5 cm³/mol. The molecule has 0 unspecified atom stereocenters. The smallest absolute Gasteiger partial charge is 0.331 e. The van der Waals surface area contributed by atoms with Gasteiger partial charge >= 0.3 is 5.97 Å². The first kappa shape index (κ1) is 14.3. The molecule has 1 aromatic rings. The lowest BCUT2D eigenvalue weighted by molar-refractivity contribution is -0.151. The molecule has 1 aromatic carbocycles. The molecule has 0 spiro atoms. The van der Waals surface area contributed by atoms with E-state index >= 15 is 0 Å². The number of carbonyl (C=O) groups excluding carboxylic acids is 2.